The van der Waals surface area contributed by atoms with Crippen LogP contribution in [-0.2, 0) is 14.4 Å². The Balaban J connectivity index is 0.766. The monoisotopic (exact) mass is 811 g/mol. The Kier molecular flexibility index (Phi) is 11.3. The summed E-state index contributed by atoms with van der Waals surface area (Å²) in [5, 5.41) is 22.6. The van der Waals surface area contributed by atoms with E-state index in [0.29, 0.717) is 66.8 Å². The molecule has 3 aromatic rings. The van der Waals surface area contributed by atoms with Crippen LogP contribution in [0.4, 0.5) is 21.7 Å². The quantitative estimate of drug-likeness (QED) is 0.295. The zero-order chi connectivity index (χ0) is 40.5. The summed E-state index contributed by atoms with van der Waals surface area (Å²) in [5.74, 6) is -1.98. The molecule has 1 unspecified atom stereocenters. The number of nitriles is 1. The predicted octanol–water partition coefficient (Wildman–Crippen LogP) is 4.16. The number of amides is 5. The first-order valence-electron chi connectivity index (χ1n) is 19.8. The first-order chi connectivity index (χ1) is 28.0. The number of anilines is 3. The van der Waals surface area contributed by atoms with Gasteiger partial charge in [0, 0.05) is 76.0 Å². The average molecular weight is 812 g/mol. The number of hydrogen-bond acceptors (Lipinski definition) is 12. The van der Waals surface area contributed by atoms with Crippen molar-refractivity contribution in [3.8, 4) is 11.8 Å². The van der Waals surface area contributed by atoms with Crippen LogP contribution < -0.4 is 25.2 Å². The number of ether oxygens (including phenoxy) is 1. The van der Waals surface area contributed by atoms with Crippen LogP contribution in [0.3, 0.4) is 0 Å². The molecule has 4 fully saturated rings. The lowest BCUT2D eigenvalue weighted by molar-refractivity contribution is -0.136. The van der Waals surface area contributed by atoms with E-state index in [9.17, 15) is 24.0 Å². The zero-order valence-electron chi connectivity index (χ0n) is 31.8. The van der Waals surface area contributed by atoms with Gasteiger partial charge in [0.25, 0.3) is 11.8 Å². The minimum absolute atomic E-state index is 0.0746. The van der Waals surface area contributed by atoms with Crippen LogP contribution in [0.15, 0.2) is 42.5 Å². The first kappa shape index (κ1) is 39.2. The molecular formula is C41H43ClFN9O6. The van der Waals surface area contributed by atoms with Crippen LogP contribution >= 0.6 is 11.6 Å². The highest BCUT2D eigenvalue weighted by Crippen LogP contribution is 2.33. The number of nitrogens with one attached hydrogen (secondary N) is 2. The second-order valence-corrected chi connectivity index (χ2v) is 16.0. The molecular weight excluding hydrogens is 769 g/mol. The van der Waals surface area contributed by atoms with Crippen molar-refractivity contribution in [2.45, 2.75) is 63.5 Å². The molecule has 15 nitrogen and oxygen atoms in total. The summed E-state index contributed by atoms with van der Waals surface area (Å²) in [6, 6.07) is 12.5. The van der Waals surface area contributed by atoms with Crippen LogP contribution in [0.1, 0.15) is 77.6 Å². The maximum Gasteiger partial charge on any atom is 0.262 e. The number of benzene rings is 2. The van der Waals surface area contributed by atoms with E-state index in [1.54, 1.807) is 30.3 Å². The van der Waals surface area contributed by atoms with E-state index in [-0.39, 0.29) is 47.7 Å². The molecule has 0 spiro atoms. The van der Waals surface area contributed by atoms with Gasteiger partial charge in [0.05, 0.1) is 27.8 Å². The molecule has 2 aromatic carbocycles. The summed E-state index contributed by atoms with van der Waals surface area (Å²) in [6.07, 6.45) is 4.37. The van der Waals surface area contributed by atoms with Crippen molar-refractivity contribution in [3.63, 3.8) is 0 Å². The fourth-order valence-corrected chi connectivity index (χ4v) is 8.88. The van der Waals surface area contributed by atoms with E-state index < -0.39 is 35.5 Å². The third kappa shape index (κ3) is 8.19. The van der Waals surface area contributed by atoms with Crippen LogP contribution in [0.25, 0.3) is 0 Å². The van der Waals surface area contributed by atoms with Crippen LogP contribution in [0, 0.1) is 29.0 Å². The summed E-state index contributed by atoms with van der Waals surface area (Å²) in [5.41, 5.74) is 1.77. The van der Waals surface area contributed by atoms with Crippen molar-refractivity contribution >= 4 is 58.5 Å². The van der Waals surface area contributed by atoms with E-state index in [1.807, 2.05) is 17.0 Å². The van der Waals surface area contributed by atoms with Crippen molar-refractivity contribution in [2.75, 3.05) is 60.9 Å². The summed E-state index contributed by atoms with van der Waals surface area (Å²) < 4.78 is 21.2. The van der Waals surface area contributed by atoms with Gasteiger partial charge in [0.15, 0.2) is 17.5 Å². The maximum absolute atomic E-state index is 15.2. The lowest BCUT2D eigenvalue weighted by Gasteiger charge is -2.39. The highest BCUT2D eigenvalue weighted by molar-refractivity contribution is 6.31. The third-order valence-electron chi connectivity index (χ3n) is 12.0. The number of carbonyl (C=O) groups excluding carboxylic acids is 5. The molecule has 1 saturated carbocycles. The Hall–Kier alpha value is -5.66. The Bertz CT molecular complexity index is 2180. The normalized spacial score (nSPS) is 23.1. The van der Waals surface area contributed by atoms with Gasteiger partial charge >= 0.3 is 0 Å². The van der Waals surface area contributed by atoms with Crippen LogP contribution in [-0.4, -0.2) is 107 Å². The lowest BCUT2D eigenvalue weighted by Crippen LogP contribution is -2.54. The van der Waals surface area contributed by atoms with E-state index in [0.717, 1.165) is 56.2 Å². The Morgan fingerprint density at radius 3 is 2.31 bits per heavy atom. The minimum atomic E-state index is -0.994. The number of halogens is 2. The number of piperidine rings is 2. The first-order valence-corrected chi connectivity index (χ1v) is 20.2. The maximum atomic E-state index is 15.2. The number of carbonyl (C=O) groups is 5. The van der Waals surface area contributed by atoms with Crippen molar-refractivity contribution < 1.29 is 33.1 Å². The fraction of sp³-hybridized carbons (Fsp3) is 0.463. The van der Waals surface area contributed by atoms with Gasteiger partial charge < -0.3 is 19.9 Å². The van der Waals surface area contributed by atoms with Crippen molar-refractivity contribution in [2.24, 2.45) is 11.8 Å². The molecule has 5 heterocycles. The average Bonchev–Trinajstić information content (AvgIpc) is 3.47. The number of hydrogen-bond donors (Lipinski definition) is 2. The van der Waals surface area contributed by atoms with Crippen LogP contribution in [0.5, 0.6) is 5.75 Å². The highest BCUT2D eigenvalue weighted by Gasteiger charge is 2.45. The number of imide groups is 2. The number of rotatable bonds is 9. The summed E-state index contributed by atoms with van der Waals surface area (Å²) in [4.78, 5) is 71.1. The zero-order valence-corrected chi connectivity index (χ0v) is 32.5. The highest BCUT2D eigenvalue weighted by atomic mass is 35.5. The topological polar surface area (TPSA) is 181 Å². The molecule has 8 rings (SSSR count). The summed E-state index contributed by atoms with van der Waals surface area (Å²) >= 11 is 6.12. The van der Waals surface area contributed by atoms with Gasteiger partial charge in [0.1, 0.15) is 17.9 Å². The second kappa shape index (κ2) is 16.7. The van der Waals surface area contributed by atoms with Gasteiger partial charge in [-0.05, 0) is 81.2 Å². The fourth-order valence-electron chi connectivity index (χ4n) is 8.67. The molecule has 0 bridgehead atoms. The molecule has 17 heteroatoms. The van der Waals surface area contributed by atoms with Gasteiger partial charge in [-0.2, -0.15) is 5.26 Å². The van der Waals surface area contributed by atoms with Crippen molar-refractivity contribution in [1.29, 1.82) is 5.26 Å². The molecule has 1 atom stereocenters. The number of fused-ring (bicyclic) bond motifs is 1. The molecule has 4 aliphatic heterocycles. The molecule has 2 N–H and O–H groups in total. The summed E-state index contributed by atoms with van der Waals surface area (Å²) in [6.45, 7) is 5.52. The molecule has 58 heavy (non-hydrogen) atoms. The number of aromatic nitrogens is 2. The second-order valence-electron chi connectivity index (χ2n) is 15.6. The van der Waals surface area contributed by atoms with E-state index in [1.165, 1.54) is 6.07 Å². The number of piperazine rings is 1. The van der Waals surface area contributed by atoms with E-state index in [2.05, 4.69) is 30.6 Å². The van der Waals surface area contributed by atoms with Gasteiger partial charge in [-0.25, -0.2) is 4.39 Å². The molecule has 302 valence electrons. The molecule has 5 aliphatic rings. The molecule has 5 amide bonds. The third-order valence-corrected chi connectivity index (χ3v) is 12.3. The Labute approximate surface area is 339 Å². The molecule has 0 radical (unpaired) electrons. The predicted molar refractivity (Wildman–Crippen MR) is 210 cm³/mol. The van der Waals surface area contributed by atoms with Crippen molar-refractivity contribution in [3.05, 3.63) is 70.0 Å². The van der Waals surface area contributed by atoms with Crippen molar-refractivity contribution in [1.82, 2.24) is 25.3 Å². The van der Waals surface area contributed by atoms with Gasteiger partial charge in [0.2, 0.25) is 17.7 Å². The van der Waals surface area contributed by atoms with E-state index >= 15 is 4.39 Å². The minimum Gasteiger partial charge on any atom is -0.490 e. The Morgan fingerprint density at radius 2 is 1.62 bits per heavy atom. The largest absolute Gasteiger partial charge is 0.490 e. The standard InChI is InChI=1S/C41H43ClFN9O6/c42-32-20-29(7-3-26(32)22-44)58-28-5-1-25(2-6-28)38(54)46-37-33(43)21-35(47-48-37)51-13-11-24(12-14-51)23-49-15-17-50(18-16-49)27-4-8-30-31(19-27)41(57)52(40(30)56)34-9-10-36(53)45-39(34)55/h3-4,7-8,19-21,24-25,28,34H,1-2,5-6,9-18,23H2,(H,45,53,55)(H,46,48,54). The Morgan fingerprint density at radius 1 is 0.879 bits per heavy atom. The van der Waals surface area contributed by atoms with Gasteiger partial charge in [-0.3, -0.25) is 39.1 Å². The smallest absolute Gasteiger partial charge is 0.262 e. The van der Waals surface area contributed by atoms with E-state index in [4.69, 9.17) is 21.6 Å². The molecule has 1 aliphatic carbocycles. The SMILES string of the molecule is N#Cc1ccc(OC2CCC(C(=O)Nc3nnc(N4CCC(CN5CCN(c6ccc7c(c6)C(=O)N(C6CCC(=O)NC6=O)C7=O)CC5)CC4)cc3F)CC2)cc1Cl. The van der Waals surface area contributed by atoms with Gasteiger partial charge in [-0.1, -0.05) is 11.6 Å². The summed E-state index contributed by atoms with van der Waals surface area (Å²) in [7, 11) is 0. The number of nitrogens with zero attached hydrogens (tertiary/aromatic N) is 7. The van der Waals surface area contributed by atoms with Gasteiger partial charge in [-0.15, -0.1) is 10.2 Å². The lowest BCUT2D eigenvalue weighted by atomic mass is 9.86. The van der Waals surface area contributed by atoms with Crippen LogP contribution in [0.2, 0.25) is 5.02 Å². The molecule has 3 saturated heterocycles. The molecule has 1 aromatic heterocycles.